The fraction of sp³-hybridized carbons (Fsp3) is 0.800. The van der Waals surface area contributed by atoms with Gasteiger partial charge in [0.25, 0.3) is 0 Å². The third kappa shape index (κ3) is 1.89. The van der Waals surface area contributed by atoms with Crippen molar-refractivity contribution in [2.75, 3.05) is 26.3 Å². The summed E-state index contributed by atoms with van der Waals surface area (Å²) in [6.07, 6.45) is 1.64. The van der Waals surface area contributed by atoms with Crippen molar-refractivity contribution in [2.24, 2.45) is 10.9 Å². The van der Waals surface area contributed by atoms with Crippen LogP contribution in [0.1, 0.15) is 0 Å². The summed E-state index contributed by atoms with van der Waals surface area (Å²) < 4.78 is 5.10. The molecule has 0 spiro atoms. The van der Waals surface area contributed by atoms with Crippen LogP contribution in [-0.4, -0.2) is 37.5 Å². The monoisotopic (exact) mass is 129 g/mol. The van der Waals surface area contributed by atoms with Crippen molar-refractivity contribution in [1.82, 2.24) is 4.90 Å². The molecule has 0 amide bonds. The minimum absolute atomic E-state index is 0.784. The minimum atomic E-state index is 0.784. The van der Waals surface area contributed by atoms with E-state index in [0.717, 1.165) is 26.3 Å². The van der Waals surface area contributed by atoms with Crippen molar-refractivity contribution in [3.63, 3.8) is 0 Å². The maximum absolute atomic E-state index is 5.10. The molecule has 0 saturated carbocycles. The van der Waals surface area contributed by atoms with Crippen LogP contribution in [0.2, 0.25) is 0 Å². The highest BCUT2D eigenvalue weighted by Crippen LogP contribution is 1.91. The van der Waals surface area contributed by atoms with Crippen molar-refractivity contribution in [2.45, 2.75) is 0 Å². The van der Waals surface area contributed by atoms with Crippen LogP contribution < -0.4 is 5.84 Å². The van der Waals surface area contributed by atoms with Crippen molar-refractivity contribution in [3.05, 3.63) is 0 Å². The molecule has 4 nitrogen and oxygen atoms in total. The number of hydrogen-bond donors (Lipinski definition) is 1. The molecule has 0 unspecified atom stereocenters. The van der Waals surface area contributed by atoms with Crippen molar-refractivity contribution in [1.29, 1.82) is 0 Å². The lowest BCUT2D eigenvalue weighted by Gasteiger charge is -2.23. The van der Waals surface area contributed by atoms with Crippen molar-refractivity contribution < 1.29 is 4.74 Å². The van der Waals surface area contributed by atoms with Crippen LogP contribution in [0, 0.1) is 0 Å². The highest BCUT2D eigenvalue weighted by molar-refractivity contribution is 5.54. The van der Waals surface area contributed by atoms with Crippen LogP contribution in [0.5, 0.6) is 0 Å². The van der Waals surface area contributed by atoms with E-state index in [2.05, 4.69) is 5.10 Å². The zero-order valence-electron chi connectivity index (χ0n) is 5.29. The Morgan fingerprint density at radius 3 is 2.67 bits per heavy atom. The second-order valence-corrected chi connectivity index (χ2v) is 1.91. The number of nitrogens with two attached hydrogens (primary N) is 1. The molecule has 0 aromatic heterocycles. The molecule has 0 radical (unpaired) electrons. The van der Waals surface area contributed by atoms with Gasteiger partial charge in [0, 0.05) is 13.1 Å². The lowest BCUT2D eigenvalue weighted by molar-refractivity contribution is 0.0700. The average molecular weight is 129 g/mol. The maximum atomic E-state index is 5.10. The van der Waals surface area contributed by atoms with E-state index < -0.39 is 0 Å². The second kappa shape index (κ2) is 3.29. The molecule has 0 aliphatic carbocycles. The Hall–Kier alpha value is -0.770. The van der Waals surface area contributed by atoms with Crippen molar-refractivity contribution in [3.8, 4) is 0 Å². The topological polar surface area (TPSA) is 50.8 Å². The summed E-state index contributed by atoms with van der Waals surface area (Å²) in [6.45, 7) is 3.37. The molecule has 0 atom stereocenters. The molecule has 1 fully saturated rings. The van der Waals surface area contributed by atoms with E-state index in [1.807, 2.05) is 4.90 Å². The third-order valence-corrected chi connectivity index (χ3v) is 1.28. The highest BCUT2D eigenvalue weighted by Gasteiger charge is 2.04. The maximum Gasteiger partial charge on any atom is 0.111 e. The van der Waals surface area contributed by atoms with Crippen LogP contribution in [0.4, 0.5) is 0 Å². The van der Waals surface area contributed by atoms with Gasteiger partial charge in [0.15, 0.2) is 0 Å². The fourth-order valence-electron chi connectivity index (χ4n) is 0.787. The van der Waals surface area contributed by atoms with E-state index in [4.69, 9.17) is 10.6 Å². The van der Waals surface area contributed by atoms with E-state index in [9.17, 15) is 0 Å². The summed E-state index contributed by atoms with van der Waals surface area (Å²) in [4.78, 5) is 2.03. The number of rotatable bonds is 1. The zero-order valence-corrected chi connectivity index (χ0v) is 5.29. The first kappa shape index (κ1) is 6.35. The third-order valence-electron chi connectivity index (χ3n) is 1.28. The van der Waals surface area contributed by atoms with Gasteiger partial charge < -0.3 is 15.5 Å². The smallest absolute Gasteiger partial charge is 0.111 e. The van der Waals surface area contributed by atoms with Crippen LogP contribution in [-0.2, 0) is 4.74 Å². The summed E-state index contributed by atoms with van der Waals surface area (Å²) in [5, 5.41) is 3.40. The van der Waals surface area contributed by atoms with E-state index in [1.165, 1.54) is 0 Å². The predicted molar refractivity (Wildman–Crippen MR) is 35.1 cm³/mol. The molecule has 1 rings (SSSR count). The molecule has 1 saturated heterocycles. The lowest BCUT2D eigenvalue weighted by atomic mass is 10.5. The lowest BCUT2D eigenvalue weighted by Crippen LogP contribution is -2.35. The first-order valence-corrected chi connectivity index (χ1v) is 2.98. The standard InChI is InChI=1S/C5H11N3O/c6-7-5-8-1-3-9-4-2-8/h5H,1-4,6H2. The normalized spacial score (nSPS) is 21.1. The Bertz CT molecular complexity index is 98.4. The molecule has 0 aromatic carbocycles. The molecular formula is C5H11N3O. The first-order valence-electron chi connectivity index (χ1n) is 2.98. The molecule has 9 heavy (non-hydrogen) atoms. The van der Waals surface area contributed by atoms with Gasteiger partial charge in [0.1, 0.15) is 6.34 Å². The Balaban J connectivity index is 2.23. The van der Waals surface area contributed by atoms with Gasteiger partial charge in [0.2, 0.25) is 0 Å². The second-order valence-electron chi connectivity index (χ2n) is 1.91. The Morgan fingerprint density at radius 1 is 1.44 bits per heavy atom. The van der Waals surface area contributed by atoms with Gasteiger partial charge in [-0.05, 0) is 0 Å². The van der Waals surface area contributed by atoms with E-state index in [0.29, 0.717) is 0 Å². The summed E-state index contributed by atoms with van der Waals surface area (Å²) in [5.41, 5.74) is 0. The Labute approximate surface area is 54.3 Å². The van der Waals surface area contributed by atoms with Gasteiger partial charge >= 0.3 is 0 Å². The number of hydrogen-bond acceptors (Lipinski definition) is 3. The fourth-order valence-corrected chi connectivity index (χ4v) is 0.787. The quantitative estimate of drug-likeness (QED) is 0.219. The number of morpholine rings is 1. The van der Waals surface area contributed by atoms with Gasteiger partial charge in [0.05, 0.1) is 13.2 Å². The highest BCUT2D eigenvalue weighted by atomic mass is 16.5. The van der Waals surface area contributed by atoms with Gasteiger partial charge in [-0.15, -0.1) is 0 Å². The van der Waals surface area contributed by atoms with Crippen LogP contribution in [0.3, 0.4) is 0 Å². The molecular weight excluding hydrogens is 118 g/mol. The molecule has 0 bridgehead atoms. The summed E-state index contributed by atoms with van der Waals surface area (Å²) in [6, 6.07) is 0. The summed E-state index contributed by atoms with van der Waals surface area (Å²) in [5.74, 6) is 4.95. The molecule has 2 N–H and O–H groups in total. The average Bonchev–Trinajstić information content (AvgIpc) is 1.91. The Kier molecular flexibility index (Phi) is 2.32. The van der Waals surface area contributed by atoms with Gasteiger partial charge in [-0.3, -0.25) is 0 Å². The molecule has 52 valence electrons. The molecule has 1 heterocycles. The molecule has 0 aromatic rings. The summed E-state index contributed by atoms with van der Waals surface area (Å²) >= 11 is 0. The predicted octanol–water partition coefficient (Wildman–Crippen LogP) is -0.779. The SMILES string of the molecule is NN=CN1CCOCC1. The van der Waals surface area contributed by atoms with E-state index >= 15 is 0 Å². The van der Waals surface area contributed by atoms with Gasteiger partial charge in [-0.25, -0.2) is 0 Å². The molecule has 1 aliphatic heterocycles. The van der Waals surface area contributed by atoms with Crippen LogP contribution in [0.25, 0.3) is 0 Å². The zero-order chi connectivity index (χ0) is 6.53. The minimum Gasteiger partial charge on any atom is -0.378 e. The largest absolute Gasteiger partial charge is 0.378 e. The molecule has 1 aliphatic rings. The number of nitrogens with zero attached hydrogens (tertiary/aromatic N) is 2. The van der Waals surface area contributed by atoms with Gasteiger partial charge in [-0.1, -0.05) is 0 Å². The summed E-state index contributed by atoms with van der Waals surface area (Å²) in [7, 11) is 0. The first-order chi connectivity index (χ1) is 4.43. The van der Waals surface area contributed by atoms with E-state index in [1.54, 1.807) is 6.34 Å². The van der Waals surface area contributed by atoms with Gasteiger partial charge in [-0.2, -0.15) is 5.10 Å². The van der Waals surface area contributed by atoms with Crippen LogP contribution in [0.15, 0.2) is 5.10 Å². The molecule has 4 heteroatoms. The van der Waals surface area contributed by atoms with Crippen LogP contribution >= 0.6 is 0 Å². The Morgan fingerprint density at radius 2 is 2.11 bits per heavy atom. The van der Waals surface area contributed by atoms with Crippen molar-refractivity contribution >= 4 is 6.34 Å². The number of hydrazone groups is 1. The number of ether oxygens (including phenoxy) is 1. The van der Waals surface area contributed by atoms with E-state index in [-0.39, 0.29) is 0 Å².